The summed E-state index contributed by atoms with van der Waals surface area (Å²) in [7, 11) is 0. The van der Waals surface area contributed by atoms with Crippen LogP contribution in [0.3, 0.4) is 0 Å². The van der Waals surface area contributed by atoms with Crippen molar-refractivity contribution >= 4 is 5.78 Å². The molecule has 0 atom stereocenters. The molecule has 4 nitrogen and oxygen atoms in total. The highest BCUT2D eigenvalue weighted by Gasteiger charge is 2.04. The van der Waals surface area contributed by atoms with Crippen LogP contribution in [0, 0.1) is 0 Å². The third-order valence-electron chi connectivity index (χ3n) is 3.60. The monoisotopic (exact) mass is 341 g/mol. The number of hydrogen-bond acceptors (Lipinski definition) is 4. The van der Waals surface area contributed by atoms with E-state index in [1.165, 1.54) is 0 Å². The number of ketones is 1. The Kier molecular flexibility index (Phi) is 12.1. The summed E-state index contributed by atoms with van der Waals surface area (Å²) in [5, 5.41) is 3.23. The Labute approximate surface area is 151 Å². The van der Waals surface area contributed by atoms with E-state index >= 15 is 0 Å². The normalized spacial score (nSPS) is 10.0. The Bertz CT molecular complexity index is 508. The second-order valence-electron chi connectivity index (χ2n) is 5.90. The van der Waals surface area contributed by atoms with Crippen molar-refractivity contribution in [2.75, 3.05) is 26.2 Å². The highest BCUT2D eigenvalue weighted by molar-refractivity contribution is 5.83. The lowest BCUT2D eigenvalue weighted by atomic mass is 10.0. The van der Waals surface area contributed by atoms with Gasteiger partial charge in [0.1, 0.15) is 5.78 Å². The fourth-order valence-electron chi connectivity index (χ4n) is 2.29. The minimum Gasteiger partial charge on any atom is -0.330 e. The fourth-order valence-corrected chi connectivity index (χ4v) is 2.29. The molecule has 25 heavy (non-hydrogen) atoms. The second kappa shape index (κ2) is 14.3. The van der Waals surface area contributed by atoms with E-state index in [4.69, 9.17) is 11.5 Å². The lowest BCUT2D eigenvalue weighted by Gasteiger charge is -2.01. The van der Waals surface area contributed by atoms with Crippen LogP contribution in [0.4, 0.5) is 0 Å². The summed E-state index contributed by atoms with van der Waals surface area (Å²) in [5.74, 6) is 0.261. The number of Topliss-reactive ketones (excluding diaryl/α,β-unsaturated/α-hetero) is 1. The molecule has 0 aliphatic heterocycles. The highest BCUT2D eigenvalue weighted by Crippen LogP contribution is 2.05. The number of benzene rings is 2. The van der Waals surface area contributed by atoms with Gasteiger partial charge in [0.05, 0.1) is 0 Å². The lowest BCUT2D eigenvalue weighted by Crippen LogP contribution is -2.21. The van der Waals surface area contributed by atoms with Gasteiger partial charge >= 0.3 is 0 Å². The molecule has 0 aromatic heterocycles. The standard InChI is InChI=1S/C15H14O.C6H17N3/c16-15(11-13-7-3-1-4-8-13)12-14-9-5-2-6-10-14;7-3-1-5-9-6-2-4-8/h1-10H,11-12H2;9H,1-8H2. The van der Waals surface area contributed by atoms with Gasteiger partial charge in [-0.3, -0.25) is 4.79 Å². The Morgan fingerprint density at radius 3 is 1.48 bits per heavy atom. The highest BCUT2D eigenvalue weighted by atomic mass is 16.1. The van der Waals surface area contributed by atoms with Crippen LogP contribution >= 0.6 is 0 Å². The summed E-state index contributed by atoms with van der Waals surface area (Å²) in [5.41, 5.74) is 12.7. The number of carbonyl (C=O) groups excluding carboxylic acids is 1. The molecule has 0 amide bonds. The number of hydrogen-bond donors (Lipinski definition) is 3. The molecule has 2 aromatic carbocycles. The molecule has 0 saturated heterocycles. The van der Waals surface area contributed by atoms with E-state index in [1.807, 2.05) is 60.7 Å². The van der Waals surface area contributed by atoms with Crippen molar-refractivity contribution in [2.24, 2.45) is 11.5 Å². The molecule has 0 radical (unpaired) electrons. The molecule has 2 rings (SSSR count). The molecule has 2 aromatic rings. The first-order valence-corrected chi connectivity index (χ1v) is 8.96. The van der Waals surface area contributed by atoms with Gasteiger partial charge in [0, 0.05) is 12.8 Å². The molecule has 0 heterocycles. The summed E-state index contributed by atoms with van der Waals surface area (Å²) in [6.07, 6.45) is 3.17. The first-order chi connectivity index (χ1) is 12.3. The van der Waals surface area contributed by atoms with Crippen LogP contribution in [0.2, 0.25) is 0 Å². The van der Waals surface area contributed by atoms with Crippen molar-refractivity contribution < 1.29 is 4.79 Å². The quantitative estimate of drug-likeness (QED) is 0.579. The van der Waals surface area contributed by atoms with Crippen LogP contribution in [0.1, 0.15) is 24.0 Å². The van der Waals surface area contributed by atoms with Crippen molar-refractivity contribution in [1.29, 1.82) is 0 Å². The molecule has 0 unspecified atom stereocenters. The largest absolute Gasteiger partial charge is 0.330 e. The van der Waals surface area contributed by atoms with Crippen molar-refractivity contribution in [3.63, 3.8) is 0 Å². The van der Waals surface area contributed by atoms with E-state index in [0.29, 0.717) is 12.8 Å². The minimum absolute atomic E-state index is 0.261. The third kappa shape index (κ3) is 11.2. The van der Waals surface area contributed by atoms with Crippen LogP contribution in [0.25, 0.3) is 0 Å². The molecule has 0 aliphatic carbocycles. The first-order valence-electron chi connectivity index (χ1n) is 8.96. The Morgan fingerprint density at radius 1 is 0.720 bits per heavy atom. The predicted molar refractivity (Wildman–Crippen MR) is 106 cm³/mol. The van der Waals surface area contributed by atoms with Gasteiger partial charge in [-0.1, -0.05) is 60.7 Å². The Morgan fingerprint density at radius 2 is 1.12 bits per heavy atom. The minimum atomic E-state index is 0.261. The van der Waals surface area contributed by atoms with Gasteiger partial charge in [-0.05, 0) is 50.1 Å². The van der Waals surface area contributed by atoms with Crippen LogP contribution in [-0.2, 0) is 17.6 Å². The van der Waals surface area contributed by atoms with Crippen LogP contribution in [0.5, 0.6) is 0 Å². The predicted octanol–water partition coefficient (Wildman–Crippen LogP) is 2.31. The Hall–Kier alpha value is -2.01. The number of rotatable bonds is 10. The molecule has 0 spiro atoms. The van der Waals surface area contributed by atoms with Crippen LogP contribution < -0.4 is 16.8 Å². The molecular weight excluding hydrogens is 310 g/mol. The lowest BCUT2D eigenvalue weighted by molar-refractivity contribution is -0.117. The van der Waals surface area contributed by atoms with Gasteiger partial charge in [0.15, 0.2) is 0 Å². The zero-order valence-electron chi connectivity index (χ0n) is 15.0. The Balaban J connectivity index is 0.000000299. The van der Waals surface area contributed by atoms with Gasteiger partial charge in [0.25, 0.3) is 0 Å². The van der Waals surface area contributed by atoms with Crippen LogP contribution in [-0.4, -0.2) is 32.0 Å². The van der Waals surface area contributed by atoms with E-state index in [1.54, 1.807) is 0 Å². The first kappa shape index (κ1) is 21.0. The van der Waals surface area contributed by atoms with E-state index in [0.717, 1.165) is 50.1 Å². The molecule has 0 saturated carbocycles. The van der Waals surface area contributed by atoms with Gasteiger partial charge in [0.2, 0.25) is 0 Å². The van der Waals surface area contributed by atoms with E-state index in [-0.39, 0.29) is 5.78 Å². The van der Waals surface area contributed by atoms with Gasteiger partial charge in [-0.15, -0.1) is 0 Å². The summed E-state index contributed by atoms with van der Waals surface area (Å²) < 4.78 is 0. The van der Waals surface area contributed by atoms with Gasteiger partial charge in [-0.25, -0.2) is 0 Å². The summed E-state index contributed by atoms with van der Waals surface area (Å²) >= 11 is 0. The van der Waals surface area contributed by atoms with Gasteiger partial charge < -0.3 is 16.8 Å². The number of nitrogens with two attached hydrogens (primary N) is 2. The third-order valence-corrected chi connectivity index (χ3v) is 3.60. The maximum Gasteiger partial charge on any atom is 0.141 e. The van der Waals surface area contributed by atoms with Crippen molar-refractivity contribution in [3.8, 4) is 0 Å². The zero-order valence-corrected chi connectivity index (χ0v) is 15.0. The molecule has 0 bridgehead atoms. The van der Waals surface area contributed by atoms with Crippen molar-refractivity contribution in [1.82, 2.24) is 5.32 Å². The number of carbonyl (C=O) groups is 1. The van der Waals surface area contributed by atoms with E-state index in [9.17, 15) is 4.79 Å². The summed E-state index contributed by atoms with van der Waals surface area (Å²) in [4.78, 5) is 11.8. The smallest absolute Gasteiger partial charge is 0.141 e. The number of nitrogens with one attached hydrogen (secondary N) is 1. The molecule has 136 valence electrons. The van der Waals surface area contributed by atoms with Crippen LogP contribution in [0.15, 0.2) is 60.7 Å². The van der Waals surface area contributed by atoms with Gasteiger partial charge in [-0.2, -0.15) is 0 Å². The maximum absolute atomic E-state index is 11.8. The van der Waals surface area contributed by atoms with E-state index < -0.39 is 0 Å². The summed E-state index contributed by atoms with van der Waals surface area (Å²) in [6.45, 7) is 3.60. The SMILES string of the molecule is NCCCNCCCN.O=C(Cc1ccccc1)Cc1ccccc1. The molecule has 4 heteroatoms. The summed E-state index contributed by atoms with van der Waals surface area (Å²) in [6, 6.07) is 19.7. The second-order valence-corrected chi connectivity index (χ2v) is 5.90. The fraction of sp³-hybridized carbons (Fsp3) is 0.381. The zero-order chi connectivity index (χ0) is 18.2. The average molecular weight is 341 g/mol. The van der Waals surface area contributed by atoms with E-state index in [2.05, 4.69) is 5.32 Å². The molecule has 0 aliphatic rings. The molecule has 0 fully saturated rings. The molecular formula is C21H31N3O. The average Bonchev–Trinajstić information content (AvgIpc) is 2.64. The maximum atomic E-state index is 11.8. The van der Waals surface area contributed by atoms with Crippen molar-refractivity contribution in [3.05, 3.63) is 71.8 Å². The molecule has 5 N–H and O–H groups in total. The van der Waals surface area contributed by atoms with Crippen molar-refractivity contribution in [2.45, 2.75) is 25.7 Å². The topological polar surface area (TPSA) is 81.1 Å².